The fourth-order valence-electron chi connectivity index (χ4n) is 0.726. The molecule has 0 saturated carbocycles. The van der Waals surface area contributed by atoms with Gasteiger partial charge in [-0.1, -0.05) is 0 Å². The number of aromatic nitrogens is 1. The topological polar surface area (TPSA) is 15.8 Å². The fraction of sp³-hybridized carbons (Fsp3) is 0.333. The average Bonchev–Trinajstić information content (AvgIpc) is 2.28. The number of H-pyrrole nitrogens is 1. The highest BCUT2D eigenvalue weighted by Crippen LogP contribution is 2.33. The molecule has 7 heteroatoms. The highest BCUT2D eigenvalue weighted by molar-refractivity contribution is 5.17. The molecule has 0 fully saturated rings. The first-order valence-corrected chi connectivity index (χ1v) is 3.04. The molecule has 1 aromatic rings. The van der Waals surface area contributed by atoms with Crippen molar-refractivity contribution in [3.63, 3.8) is 0 Å². The van der Waals surface area contributed by atoms with Crippen LogP contribution in [0.15, 0.2) is 12.1 Å². The van der Waals surface area contributed by atoms with Crippen molar-refractivity contribution in [2.24, 2.45) is 0 Å². The van der Waals surface area contributed by atoms with E-state index in [1.807, 2.05) is 0 Å². The molecular formula is C6H3F6N. The van der Waals surface area contributed by atoms with Crippen molar-refractivity contribution in [2.45, 2.75) is 12.4 Å². The van der Waals surface area contributed by atoms with Gasteiger partial charge < -0.3 is 4.98 Å². The maximum atomic E-state index is 11.8. The molecule has 0 aliphatic carbocycles. The van der Waals surface area contributed by atoms with Crippen molar-refractivity contribution >= 4 is 0 Å². The van der Waals surface area contributed by atoms with Crippen molar-refractivity contribution in [1.82, 2.24) is 4.98 Å². The van der Waals surface area contributed by atoms with Crippen molar-refractivity contribution in [3.05, 3.63) is 23.5 Å². The Kier molecular flexibility index (Phi) is 2.05. The van der Waals surface area contributed by atoms with Gasteiger partial charge in [-0.05, 0) is 12.1 Å². The van der Waals surface area contributed by atoms with Crippen LogP contribution in [0.5, 0.6) is 0 Å². The lowest BCUT2D eigenvalue weighted by Crippen LogP contribution is -2.09. The van der Waals surface area contributed by atoms with Crippen LogP contribution in [-0.2, 0) is 12.4 Å². The van der Waals surface area contributed by atoms with E-state index in [9.17, 15) is 26.3 Å². The molecule has 1 nitrogen and oxygen atoms in total. The van der Waals surface area contributed by atoms with Crippen molar-refractivity contribution in [3.8, 4) is 0 Å². The first kappa shape index (κ1) is 9.94. The summed E-state index contributed by atoms with van der Waals surface area (Å²) >= 11 is 0. The summed E-state index contributed by atoms with van der Waals surface area (Å²) in [7, 11) is 0. The van der Waals surface area contributed by atoms with Crippen molar-refractivity contribution < 1.29 is 26.3 Å². The second-order valence-corrected chi connectivity index (χ2v) is 2.28. The Bertz CT molecular complexity index is 264. The third kappa shape index (κ3) is 2.16. The number of aromatic amines is 1. The first-order chi connectivity index (χ1) is 5.71. The van der Waals surface area contributed by atoms with Gasteiger partial charge in [-0.2, -0.15) is 26.3 Å². The lowest BCUT2D eigenvalue weighted by Gasteiger charge is -2.04. The molecule has 0 atom stereocenters. The summed E-state index contributed by atoms with van der Waals surface area (Å²) in [5, 5.41) is 0. The summed E-state index contributed by atoms with van der Waals surface area (Å²) in [6.07, 6.45) is -9.55. The van der Waals surface area contributed by atoms with Crippen LogP contribution in [0.4, 0.5) is 26.3 Å². The van der Waals surface area contributed by atoms with Crippen LogP contribution in [0.25, 0.3) is 0 Å². The first-order valence-electron chi connectivity index (χ1n) is 3.04. The quantitative estimate of drug-likeness (QED) is 0.623. The number of hydrogen-bond donors (Lipinski definition) is 1. The third-order valence-electron chi connectivity index (χ3n) is 1.30. The summed E-state index contributed by atoms with van der Waals surface area (Å²) in [6.45, 7) is 0. The number of rotatable bonds is 0. The Morgan fingerprint density at radius 3 is 1.23 bits per heavy atom. The van der Waals surface area contributed by atoms with Gasteiger partial charge in [0.05, 0.1) is 0 Å². The van der Waals surface area contributed by atoms with Crippen LogP contribution < -0.4 is 0 Å². The highest BCUT2D eigenvalue weighted by atomic mass is 19.4. The van der Waals surface area contributed by atoms with E-state index in [0.29, 0.717) is 12.1 Å². The normalized spacial score (nSPS) is 13.4. The van der Waals surface area contributed by atoms with Crippen molar-refractivity contribution in [1.29, 1.82) is 0 Å². The zero-order valence-corrected chi connectivity index (χ0v) is 5.92. The van der Waals surface area contributed by atoms with E-state index in [2.05, 4.69) is 0 Å². The fourth-order valence-corrected chi connectivity index (χ4v) is 0.726. The number of nitrogens with one attached hydrogen (secondary N) is 1. The van der Waals surface area contributed by atoms with E-state index in [1.165, 1.54) is 4.98 Å². The van der Waals surface area contributed by atoms with E-state index in [0.717, 1.165) is 0 Å². The van der Waals surface area contributed by atoms with Gasteiger partial charge in [-0.3, -0.25) is 0 Å². The Balaban J connectivity index is 3.01. The van der Waals surface area contributed by atoms with E-state index in [4.69, 9.17) is 0 Å². The van der Waals surface area contributed by atoms with E-state index >= 15 is 0 Å². The van der Waals surface area contributed by atoms with Crippen molar-refractivity contribution in [2.75, 3.05) is 0 Å². The average molecular weight is 203 g/mol. The number of hydrogen-bond acceptors (Lipinski definition) is 0. The second-order valence-electron chi connectivity index (χ2n) is 2.28. The Morgan fingerprint density at radius 1 is 0.769 bits per heavy atom. The summed E-state index contributed by atoms with van der Waals surface area (Å²) in [6, 6.07) is 0.700. The Labute approximate surface area is 68.4 Å². The standard InChI is InChI=1S/C6H3F6N/c7-5(8,9)3-1-2-4(13-3)6(10,11)12/h1-2,13H. The van der Waals surface area contributed by atoms with Gasteiger partial charge in [0.15, 0.2) is 0 Å². The summed E-state index contributed by atoms with van der Waals surface area (Å²) < 4.78 is 70.7. The van der Waals surface area contributed by atoms with Gasteiger partial charge in [0.1, 0.15) is 11.4 Å². The number of halogens is 6. The van der Waals surface area contributed by atoms with E-state index < -0.39 is 23.7 Å². The second kappa shape index (κ2) is 2.68. The molecule has 0 aromatic carbocycles. The molecule has 13 heavy (non-hydrogen) atoms. The van der Waals surface area contributed by atoms with Crippen LogP contribution in [-0.4, -0.2) is 4.98 Å². The Morgan fingerprint density at radius 2 is 1.08 bits per heavy atom. The van der Waals surface area contributed by atoms with Crippen LogP contribution in [0.2, 0.25) is 0 Å². The molecule has 0 aliphatic heterocycles. The third-order valence-corrected chi connectivity index (χ3v) is 1.30. The minimum atomic E-state index is -4.77. The minimum Gasteiger partial charge on any atom is -0.348 e. The molecule has 1 heterocycles. The van der Waals surface area contributed by atoms with Gasteiger partial charge in [-0.25, -0.2) is 0 Å². The smallest absolute Gasteiger partial charge is 0.348 e. The molecule has 0 radical (unpaired) electrons. The summed E-state index contributed by atoms with van der Waals surface area (Å²) in [4.78, 5) is 1.24. The summed E-state index contributed by atoms with van der Waals surface area (Å²) in [5.41, 5.74) is -2.81. The predicted octanol–water partition coefficient (Wildman–Crippen LogP) is 3.05. The molecule has 1 rings (SSSR count). The molecule has 0 bridgehead atoms. The van der Waals surface area contributed by atoms with Crippen LogP contribution in [0.3, 0.4) is 0 Å². The van der Waals surface area contributed by atoms with Gasteiger partial charge in [0.25, 0.3) is 0 Å². The maximum absolute atomic E-state index is 11.8. The monoisotopic (exact) mass is 203 g/mol. The minimum absolute atomic E-state index is 0.350. The molecule has 0 aliphatic rings. The predicted molar refractivity (Wildman–Crippen MR) is 30.8 cm³/mol. The molecule has 0 spiro atoms. The van der Waals surface area contributed by atoms with Crippen LogP contribution in [0.1, 0.15) is 11.4 Å². The van der Waals surface area contributed by atoms with E-state index in [1.54, 1.807) is 0 Å². The zero-order chi connectivity index (χ0) is 10.3. The highest BCUT2D eigenvalue weighted by Gasteiger charge is 2.37. The lowest BCUT2D eigenvalue weighted by molar-refractivity contribution is -0.147. The Hall–Kier alpha value is -1.14. The molecule has 1 aromatic heterocycles. The van der Waals surface area contributed by atoms with E-state index in [-0.39, 0.29) is 0 Å². The van der Waals surface area contributed by atoms with Crippen LogP contribution >= 0.6 is 0 Å². The molecule has 74 valence electrons. The molecule has 0 unspecified atom stereocenters. The number of alkyl halides is 6. The molecule has 1 N–H and O–H groups in total. The zero-order valence-electron chi connectivity index (χ0n) is 5.92. The summed E-state index contributed by atoms with van der Waals surface area (Å²) in [5.74, 6) is 0. The van der Waals surface area contributed by atoms with Gasteiger partial charge in [-0.15, -0.1) is 0 Å². The maximum Gasteiger partial charge on any atom is 0.431 e. The van der Waals surface area contributed by atoms with Gasteiger partial charge >= 0.3 is 12.4 Å². The lowest BCUT2D eigenvalue weighted by atomic mass is 10.4. The van der Waals surface area contributed by atoms with Crippen LogP contribution in [0, 0.1) is 0 Å². The van der Waals surface area contributed by atoms with Gasteiger partial charge in [0, 0.05) is 0 Å². The molecule has 0 saturated heterocycles. The molecule has 0 amide bonds. The molecular weight excluding hydrogens is 200 g/mol. The SMILES string of the molecule is FC(F)(F)c1ccc(C(F)(F)F)[nH]1. The van der Waals surface area contributed by atoms with Gasteiger partial charge in [0.2, 0.25) is 0 Å². The largest absolute Gasteiger partial charge is 0.431 e.